The van der Waals surface area contributed by atoms with Crippen molar-refractivity contribution < 1.29 is 40.7 Å². The third-order valence-corrected chi connectivity index (χ3v) is 9.30. The molecule has 0 aromatic heterocycles. The van der Waals surface area contributed by atoms with Gasteiger partial charge in [-0.2, -0.15) is 26.3 Å². The zero-order valence-electron chi connectivity index (χ0n) is 31.3. The van der Waals surface area contributed by atoms with E-state index in [0.717, 1.165) is 43.4 Å². The van der Waals surface area contributed by atoms with Crippen molar-refractivity contribution in [3.63, 3.8) is 0 Å². The molecular formula is C42H46F6N4O3. The Labute approximate surface area is 317 Å². The topological polar surface area (TPSA) is 73.9 Å². The molecule has 55 heavy (non-hydrogen) atoms. The van der Waals surface area contributed by atoms with Crippen LogP contribution in [0.2, 0.25) is 0 Å². The summed E-state index contributed by atoms with van der Waals surface area (Å²) in [5.74, 6) is -0.277. The van der Waals surface area contributed by atoms with Crippen LogP contribution in [0.25, 0.3) is 0 Å². The van der Waals surface area contributed by atoms with Crippen LogP contribution in [0.3, 0.4) is 0 Å². The maximum Gasteiger partial charge on any atom is 0.418 e. The minimum Gasteiger partial charge on any atom is -0.491 e. The van der Waals surface area contributed by atoms with Crippen LogP contribution < -0.4 is 25.2 Å². The summed E-state index contributed by atoms with van der Waals surface area (Å²) in [6.45, 7) is 10.2. The lowest BCUT2D eigenvalue weighted by Gasteiger charge is -2.23. The van der Waals surface area contributed by atoms with E-state index >= 15 is 0 Å². The first-order valence-electron chi connectivity index (χ1n) is 18.4. The fourth-order valence-electron chi connectivity index (χ4n) is 6.58. The molecule has 294 valence electrons. The van der Waals surface area contributed by atoms with Gasteiger partial charge in [0.05, 0.1) is 17.2 Å². The van der Waals surface area contributed by atoms with E-state index in [2.05, 4.69) is 10.6 Å². The molecule has 2 amide bonds. The number of halogens is 6. The maximum atomic E-state index is 13.6. The number of benzene rings is 4. The van der Waals surface area contributed by atoms with Crippen molar-refractivity contribution in [2.45, 2.75) is 77.8 Å². The minimum absolute atomic E-state index is 0.000205. The molecule has 0 radical (unpaired) electrons. The molecule has 2 heterocycles. The Balaban J connectivity index is 0.000000211. The number of amides is 2. The highest BCUT2D eigenvalue weighted by Gasteiger charge is 2.37. The quantitative estimate of drug-likeness (QED) is 0.166. The lowest BCUT2D eigenvalue weighted by atomic mass is 10.0. The molecule has 0 aliphatic carbocycles. The molecule has 2 N–H and O–H groups in total. The van der Waals surface area contributed by atoms with Gasteiger partial charge in [-0.25, -0.2) is 0 Å². The maximum absolute atomic E-state index is 13.6. The van der Waals surface area contributed by atoms with Crippen LogP contribution in [-0.2, 0) is 12.4 Å². The summed E-state index contributed by atoms with van der Waals surface area (Å²) in [6.07, 6.45) is -5.57. The Morgan fingerprint density at radius 3 is 1.45 bits per heavy atom. The summed E-state index contributed by atoms with van der Waals surface area (Å²) in [5.41, 5.74) is 0.793. The first-order chi connectivity index (χ1) is 26.0. The van der Waals surface area contributed by atoms with Crippen molar-refractivity contribution in [2.75, 3.05) is 46.6 Å². The van der Waals surface area contributed by atoms with Crippen molar-refractivity contribution in [3.05, 3.63) is 113 Å². The Hall–Kier alpha value is -5.20. The van der Waals surface area contributed by atoms with Crippen LogP contribution in [0, 0.1) is 0 Å². The Morgan fingerprint density at radius 1 is 0.600 bits per heavy atom. The fourth-order valence-corrected chi connectivity index (χ4v) is 6.58. The zero-order chi connectivity index (χ0) is 39.9. The van der Waals surface area contributed by atoms with E-state index in [9.17, 15) is 35.9 Å². The van der Waals surface area contributed by atoms with Gasteiger partial charge >= 0.3 is 12.4 Å². The van der Waals surface area contributed by atoms with Crippen molar-refractivity contribution in [2.24, 2.45) is 0 Å². The summed E-state index contributed by atoms with van der Waals surface area (Å²) in [4.78, 5) is 28.5. The van der Waals surface area contributed by atoms with Crippen LogP contribution in [0.15, 0.2) is 84.9 Å². The predicted molar refractivity (Wildman–Crippen MR) is 204 cm³/mol. The van der Waals surface area contributed by atoms with Gasteiger partial charge in [0.25, 0.3) is 11.8 Å². The number of hydrogen-bond donors (Lipinski definition) is 2. The zero-order valence-corrected chi connectivity index (χ0v) is 31.3. The average molecular weight is 769 g/mol. The number of anilines is 4. The Bertz CT molecular complexity index is 1950. The number of alkyl halides is 6. The number of nitrogens with one attached hydrogen (secondary N) is 2. The monoisotopic (exact) mass is 768 g/mol. The third-order valence-electron chi connectivity index (χ3n) is 9.30. The summed E-state index contributed by atoms with van der Waals surface area (Å²) in [5, 5.41) is 5.34. The van der Waals surface area contributed by atoms with Crippen LogP contribution in [0.1, 0.15) is 96.7 Å². The Morgan fingerprint density at radius 2 is 1.04 bits per heavy atom. The fraction of sp³-hybridized carbons (Fsp3) is 0.381. The molecule has 0 bridgehead atoms. The van der Waals surface area contributed by atoms with Gasteiger partial charge in [0.15, 0.2) is 0 Å². The van der Waals surface area contributed by atoms with Gasteiger partial charge in [0.1, 0.15) is 5.75 Å². The van der Waals surface area contributed by atoms with Crippen molar-refractivity contribution >= 4 is 34.6 Å². The molecule has 4 aromatic rings. The molecule has 2 aliphatic rings. The number of carbonyl (C=O) groups excluding carboxylic acids is 2. The largest absolute Gasteiger partial charge is 0.491 e. The highest BCUT2D eigenvalue weighted by atomic mass is 19.4. The van der Waals surface area contributed by atoms with Crippen LogP contribution in [0.5, 0.6) is 5.75 Å². The highest BCUT2D eigenvalue weighted by Crippen LogP contribution is 2.40. The lowest BCUT2D eigenvalue weighted by molar-refractivity contribution is -0.138. The molecule has 2 fully saturated rings. The van der Waals surface area contributed by atoms with Crippen molar-refractivity contribution in [1.29, 1.82) is 0 Å². The van der Waals surface area contributed by atoms with Crippen LogP contribution >= 0.6 is 0 Å². The van der Waals surface area contributed by atoms with E-state index in [1.165, 1.54) is 24.3 Å². The van der Waals surface area contributed by atoms with Gasteiger partial charge in [-0.15, -0.1) is 0 Å². The minimum atomic E-state index is -4.53. The molecule has 13 heteroatoms. The summed E-state index contributed by atoms with van der Waals surface area (Å²) in [6, 6.07) is 21.7. The van der Waals surface area contributed by atoms with Crippen molar-refractivity contribution in [3.8, 4) is 5.75 Å². The normalized spacial score (nSPS) is 14.5. The van der Waals surface area contributed by atoms with Gasteiger partial charge in [0, 0.05) is 66.1 Å². The molecule has 0 unspecified atom stereocenters. The first-order valence-corrected chi connectivity index (χ1v) is 18.4. The predicted octanol–water partition coefficient (Wildman–Crippen LogP) is 11.0. The van der Waals surface area contributed by atoms with Crippen molar-refractivity contribution in [1.82, 2.24) is 0 Å². The first kappa shape index (κ1) is 41.0. The molecule has 6 rings (SSSR count). The molecule has 0 spiro atoms. The molecule has 7 nitrogen and oxygen atoms in total. The van der Waals surface area contributed by atoms with Gasteiger partial charge in [0.2, 0.25) is 0 Å². The molecule has 0 atom stereocenters. The van der Waals surface area contributed by atoms with E-state index in [0.29, 0.717) is 49.2 Å². The van der Waals surface area contributed by atoms with Gasteiger partial charge < -0.3 is 25.2 Å². The molecule has 4 aromatic carbocycles. The SMILES string of the molecule is CC(C)Oc1cccc(NC(=O)c2ccc(N3CCCC3)c(C(F)(F)F)c2)c1.CC(C)c1cccc(NC(=O)c2ccc(N3CCCC3)c(C(F)(F)F)c2)c1. The van der Waals surface area contributed by atoms with E-state index in [1.807, 2.05) is 45.9 Å². The number of ether oxygens (including phenoxy) is 1. The second-order valence-corrected chi connectivity index (χ2v) is 14.2. The summed E-state index contributed by atoms with van der Waals surface area (Å²) < 4.78 is 87.0. The van der Waals surface area contributed by atoms with E-state index < -0.39 is 35.3 Å². The molecular weight excluding hydrogens is 722 g/mol. The van der Waals surface area contributed by atoms with E-state index in [-0.39, 0.29) is 28.6 Å². The molecule has 0 saturated carbocycles. The second-order valence-electron chi connectivity index (χ2n) is 14.2. The van der Waals surface area contributed by atoms with Gasteiger partial charge in [-0.3, -0.25) is 9.59 Å². The lowest BCUT2D eigenvalue weighted by Crippen LogP contribution is -2.23. The highest BCUT2D eigenvalue weighted by molar-refractivity contribution is 6.05. The number of hydrogen-bond acceptors (Lipinski definition) is 5. The van der Waals surface area contributed by atoms with Gasteiger partial charge in [-0.05, 0) is 112 Å². The number of rotatable bonds is 9. The third kappa shape index (κ3) is 10.9. The van der Waals surface area contributed by atoms with Crippen LogP contribution in [-0.4, -0.2) is 44.1 Å². The Kier molecular flexibility index (Phi) is 13.0. The van der Waals surface area contributed by atoms with E-state index in [4.69, 9.17) is 4.74 Å². The summed E-state index contributed by atoms with van der Waals surface area (Å²) >= 11 is 0. The number of carbonyl (C=O) groups is 2. The summed E-state index contributed by atoms with van der Waals surface area (Å²) in [7, 11) is 0. The standard InChI is InChI=1S/C21H23F3N2O2.C21H23F3N2O/c1-14(2)28-17-7-5-6-16(13-17)25-20(27)15-8-9-19(26-10-3-4-11-26)18(12-15)21(22,23)24;1-14(2)15-6-5-7-17(12-15)25-20(27)16-8-9-19(26-10-3-4-11-26)18(13-16)21(22,23)24/h5-9,12-14H,3-4,10-11H2,1-2H3,(H,25,27);5-9,12-14H,3-4,10-11H2,1-2H3,(H,25,27). The number of nitrogens with zero attached hydrogens (tertiary/aromatic N) is 2. The van der Waals surface area contributed by atoms with Crippen LogP contribution in [0.4, 0.5) is 49.1 Å². The van der Waals surface area contributed by atoms with E-state index in [1.54, 1.807) is 40.1 Å². The molecule has 2 aliphatic heterocycles. The van der Waals surface area contributed by atoms with Gasteiger partial charge in [-0.1, -0.05) is 32.0 Å². The smallest absolute Gasteiger partial charge is 0.418 e. The average Bonchev–Trinajstić information content (AvgIpc) is 3.87. The molecule has 2 saturated heterocycles. The second kappa shape index (κ2) is 17.5.